The van der Waals surface area contributed by atoms with Gasteiger partial charge >= 0.3 is 0 Å². The highest BCUT2D eigenvalue weighted by molar-refractivity contribution is 5.19. The Hall–Kier alpha value is -1.32. The molecule has 0 aliphatic heterocycles. The van der Waals surface area contributed by atoms with E-state index in [1.165, 1.54) is 0 Å². The van der Waals surface area contributed by atoms with E-state index in [0.717, 1.165) is 12.1 Å². The van der Waals surface area contributed by atoms with Crippen LogP contribution in [-0.4, -0.2) is 18.0 Å². The van der Waals surface area contributed by atoms with Crippen LogP contribution in [-0.2, 0) is 0 Å². The molecule has 0 radical (unpaired) electrons. The van der Waals surface area contributed by atoms with E-state index < -0.39 is 6.04 Å². The van der Waals surface area contributed by atoms with Gasteiger partial charge in [-0.25, -0.2) is 0 Å². The second-order valence-electron chi connectivity index (χ2n) is 2.70. The maximum atomic E-state index is 10.4. The predicted octanol–water partition coefficient (Wildman–Crippen LogP) is 1.08. The van der Waals surface area contributed by atoms with Crippen molar-refractivity contribution in [3.8, 4) is 0 Å². The summed E-state index contributed by atoms with van der Waals surface area (Å²) < 4.78 is 0. The number of nitrogens with one attached hydrogen (secondary N) is 1. The molecule has 0 aromatic carbocycles. The van der Waals surface area contributed by atoms with Gasteiger partial charge in [-0.3, -0.25) is 10.1 Å². The molecule has 12 heavy (non-hydrogen) atoms. The third-order valence-corrected chi connectivity index (χ3v) is 1.88. The average Bonchev–Trinajstić information content (AvgIpc) is 2.28. The molecule has 4 heteroatoms. The molecule has 0 saturated carbocycles. The maximum absolute atomic E-state index is 10.4. The van der Waals surface area contributed by atoms with Crippen LogP contribution in [0.4, 0.5) is 0 Å². The number of nitro groups is 1. The minimum absolute atomic E-state index is 0.247. The summed E-state index contributed by atoms with van der Waals surface area (Å²) in [7, 11) is 1.81. The normalized spacial score (nSPS) is 22.8. The zero-order valence-corrected chi connectivity index (χ0v) is 6.99. The zero-order valence-electron chi connectivity index (χ0n) is 6.99. The molecule has 1 rings (SSSR count). The highest BCUT2D eigenvalue weighted by atomic mass is 16.6. The van der Waals surface area contributed by atoms with Gasteiger partial charge in [0.2, 0.25) is 6.04 Å². The molecule has 0 heterocycles. The molecule has 0 saturated heterocycles. The van der Waals surface area contributed by atoms with Gasteiger partial charge in [0.05, 0.1) is 0 Å². The summed E-state index contributed by atoms with van der Waals surface area (Å²) in [6, 6.07) is -0.521. The van der Waals surface area contributed by atoms with E-state index in [4.69, 9.17) is 0 Å². The van der Waals surface area contributed by atoms with Crippen LogP contribution in [0.15, 0.2) is 23.9 Å². The minimum Gasteiger partial charge on any atom is -0.388 e. The molecule has 0 aromatic heterocycles. The van der Waals surface area contributed by atoms with Crippen molar-refractivity contribution >= 4 is 0 Å². The van der Waals surface area contributed by atoms with E-state index in [9.17, 15) is 10.1 Å². The molecule has 4 nitrogen and oxygen atoms in total. The number of hydrogen-bond donors (Lipinski definition) is 1. The molecule has 0 fully saturated rings. The van der Waals surface area contributed by atoms with Gasteiger partial charge in [0.15, 0.2) is 0 Å². The first-order chi connectivity index (χ1) is 5.74. The molecular weight excluding hydrogens is 156 g/mol. The van der Waals surface area contributed by atoms with Crippen molar-refractivity contribution in [3.05, 3.63) is 34.0 Å². The number of rotatable bonds is 2. The lowest BCUT2D eigenvalue weighted by Gasteiger charge is -1.99. The standard InChI is InChI=1S/C8H12N2O2/c1-9-7-3-2-4-8(6-5-7)10(11)12/h3,5-6,8-9H,2,4H2,1H3/t8-/m0/s1. The lowest BCUT2D eigenvalue weighted by molar-refractivity contribution is -0.509. The summed E-state index contributed by atoms with van der Waals surface area (Å²) in [5.74, 6) is 0. The van der Waals surface area contributed by atoms with Crippen molar-refractivity contribution < 1.29 is 4.92 Å². The maximum Gasteiger partial charge on any atom is 0.231 e. The van der Waals surface area contributed by atoms with Gasteiger partial charge < -0.3 is 5.32 Å². The first kappa shape index (κ1) is 8.77. The second-order valence-corrected chi connectivity index (χ2v) is 2.70. The van der Waals surface area contributed by atoms with Crippen LogP contribution >= 0.6 is 0 Å². The van der Waals surface area contributed by atoms with Crippen molar-refractivity contribution in [3.63, 3.8) is 0 Å². The van der Waals surface area contributed by atoms with E-state index in [0.29, 0.717) is 6.42 Å². The summed E-state index contributed by atoms with van der Waals surface area (Å²) in [6.07, 6.45) is 6.72. The first-order valence-electron chi connectivity index (χ1n) is 3.93. The van der Waals surface area contributed by atoms with E-state index >= 15 is 0 Å². The van der Waals surface area contributed by atoms with Crippen LogP contribution in [0.3, 0.4) is 0 Å². The van der Waals surface area contributed by atoms with Crippen molar-refractivity contribution in [2.75, 3.05) is 7.05 Å². The molecule has 0 spiro atoms. The summed E-state index contributed by atoms with van der Waals surface area (Å²) in [6.45, 7) is 0. The number of hydrogen-bond acceptors (Lipinski definition) is 3. The Kier molecular flexibility index (Phi) is 2.85. The third-order valence-electron chi connectivity index (χ3n) is 1.88. The summed E-state index contributed by atoms with van der Waals surface area (Å²) in [5, 5.41) is 13.4. The highest BCUT2D eigenvalue weighted by Crippen LogP contribution is 2.10. The van der Waals surface area contributed by atoms with Gasteiger partial charge in [-0.2, -0.15) is 0 Å². The fourth-order valence-corrected chi connectivity index (χ4v) is 1.15. The fraction of sp³-hybridized carbons (Fsp3) is 0.500. The molecule has 1 aliphatic carbocycles. The Morgan fingerprint density at radius 1 is 1.75 bits per heavy atom. The molecule has 1 N–H and O–H groups in total. The molecule has 0 bridgehead atoms. The molecule has 0 unspecified atom stereocenters. The van der Waals surface area contributed by atoms with E-state index in [1.807, 2.05) is 13.1 Å². The largest absolute Gasteiger partial charge is 0.388 e. The van der Waals surface area contributed by atoms with E-state index in [2.05, 4.69) is 5.32 Å². The van der Waals surface area contributed by atoms with Gasteiger partial charge in [0.1, 0.15) is 0 Å². The highest BCUT2D eigenvalue weighted by Gasteiger charge is 2.16. The summed E-state index contributed by atoms with van der Waals surface area (Å²) in [5.41, 5.74) is 0.958. The minimum atomic E-state index is -0.521. The Balaban J connectivity index is 2.64. The molecular formula is C8H12N2O2. The molecule has 1 atom stereocenters. The monoisotopic (exact) mass is 168 g/mol. The number of likely N-dealkylation sites (N-methyl/N-ethyl adjacent to an activating group) is 1. The Morgan fingerprint density at radius 3 is 3.08 bits per heavy atom. The van der Waals surface area contributed by atoms with Crippen molar-refractivity contribution in [1.29, 1.82) is 0 Å². The van der Waals surface area contributed by atoms with Crippen molar-refractivity contribution in [1.82, 2.24) is 5.32 Å². The molecule has 1 aliphatic rings. The molecule has 0 aromatic rings. The Bertz CT molecular complexity index is 233. The molecule has 0 amide bonds. The van der Waals surface area contributed by atoms with Gasteiger partial charge in [-0.15, -0.1) is 0 Å². The van der Waals surface area contributed by atoms with Crippen LogP contribution in [0.2, 0.25) is 0 Å². The SMILES string of the molecule is CNC1=CCC[C@H]([N+](=O)[O-])C=C1. The van der Waals surface area contributed by atoms with Crippen LogP contribution in [0.5, 0.6) is 0 Å². The average molecular weight is 168 g/mol. The van der Waals surface area contributed by atoms with Crippen LogP contribution < -0.4 is 5.32 Å². The van der Waals surface area contributed by atoms with Crippen molar-refractivity contribution in [2.24, 2.45) is 0 Å². The topological polar surface area (TPSA) is 55.2 Å². The lowest BCUT2D eigenvalue weighted by Crippen LogP contribution is -2.15. The fourth-order valence-electron chi connectivity index (χ4n) is 1.15. The van der Waals surface area contributed by atoms with Gasteiger partial charge in [0, 0.05) is 24.1 Å². The Morgan fingerprint density at radius 2 is 2.50 bits per heavy atom. The van der Waals surface area contributed by atoms with Gasteiger partial charge in [0.25, 0.3) is 0 Å². The van der Waals surface area contributed by atoms with Crippen molar-refractivity contribution in [2.45, 2.75) is 18.9 Å². The summed E-state index contributed by atoms with van der Waals surface area (Å²) >= 11 is 0. The van der Waals surface area contributed by atoms with E-state index in [1.54, 1.807) is 12.2 Å². The van der Waals surface area contributed by atoms with Crippen LogP contribution in [0.1, 0.15) is 12.8 Å². The summed E-state index contributed by atoms with van der Waals surface area (Å²) in [4.78, 5) is 10.2. The number of allylic oxidation sites excluding steroid dienone is 2. The number of nitrogens with zero attached hydrogens (tertiary/aromatic N) is 1. The zero-order chi connectivity index (χ0) is 8.97. The molecule has 66 valence electrons. The smallest absolute Gasteiger partial charge is 0.231 e. The quantitative estimate of drug-likeness (QED) is 0.496. The van der Waals surface area contributed by atoms with Crippen LogP contribution in [0, 0.1) is 10.1 Å². The van der Waals surface area contributed by atoms with Gasteiger partial charge in [-0.1, -0.05) is 6.08 Å². The lowest BCUT2D eigenvalue weighted by atomic mass is 10.2. The third kappa shape index (κ3) is 2.08. The van der Waals surface area contributed by atoms with Gasteiger partial charge in [-0.05, 0) is 18.6 Å². The Labute approximate surface area is 71.1 Å². The second kappa shape index (κ2) is 3.90. The van der Waals surface area contributed by atoms with Crippen LogP contribution in [0.25, 0.3) is 0 Å². The van der Waals surface area contributed by atoms with E-state index in [-0.39, 0.29) is 4.92 Å². The first-order valence-corrected chi connectivity index (χ1v) is 3.93. The predicted molar refractivity (Wildman–Crippen MR) is 46.3 cm³/mol.